The minimum absolute atomic E-state index is 0.0841. The Morgan fingerprint density at radius 1 is 0.361 bits per heavy atom. The summed E-state index contributed by atoms with van der Waals surface area (Å²) in [7, 11) is 3.46. The lowest BCUT2D eigenvalue weighted by Crippen LogP contribution is -2.32. The first-order chi connectivity index (χ1) is 71.0. The van der Waals surface area contributed by atoms with Gasteiger partial charge in [-0.1, -0.05) is 170 Å². The van der Waals surface area contributed by atoms with Crippen molar-refractivity contribution in [3.05, 3.63) is 398 Å². The molecule has 13 heterocycles. The number of halogens is 9. The Balaban J connectivity index is 0.000000131. The van der Waals surface area contributed by atoms with Gasteiger partial charge in [-0.05, 0) is 216 Å². The van der Waals surface area contributed by atoms with Crippen LogP contribution < -0.4 is 24.5 Å². The zero-order valence-corrected chi connectivity index (χ0v) is 85.2. The van der Waals surface area contributed by atoms with Crippen LogP contribution in [0.3, 0.4) is 0 Å². The Hall–Kier alpha value is -15.1. The van der Waals surface area contributed by atoms with Crippen LogP contribution in [0.2, 0.25) is 10.2 Å². The van der Waals surface area contributed by atoms with Crippen molar-refractivity contribution in [1.82, 2.24) is 80.3 Å². The Kier molecular flexibility index (Phi) is 34.7. The summed E-state index contributed by atoms with van der Waals surface area (Å²) in [5.41, 5.74) is 19.8. The van der Waals surface area contributed by atoms with E-state index in [2.05, 4.69) is 130 Å². The molecule has 0 radical (unpaired) electrons. The van der Waals surface area contributed by atoms with E-state index in [0.29, 0.717) is 114 Å². The van der Waals surface area contributed by atoms with E-state index in [9.17, 15) is 50.3 Å². The lowest BCUT2D eigenvalue weighted by Gasteiger charge is -2.30. The van der Waals surface area contributed by atoms with Gasteiger partial charge in [-0.15, -0.1) is 32.9 Å². The van der Waals surface area contributed by atoms with E-state index in [1.807, 2.05) is 83.1 Å². The molecule has 7 aromatic carbocycles. The van der Waals surface area contributed by atoms with E-state index in [1.165, 1.54) is 84.8 Å². The number of thiophene rings is 1. The maximum absolute atomic E-state index is 14.1. The van der Waals surface area contributed by atoms with Gasteiger partial charge in [0.2, 0.25) is 0 Å². The van der Waals surface area contributed by atoms with Gasteiger partial charge in [0, 0.05) is 144 Å². The number of thiazole rings is 1. The molecule has 8 aromatic heterocycles. The maximum atomic E-state index is 14.1. The van der Waals surface area contributed by atoms with Crippen molar-refractivity contribution in [3.8, 4) is 0 Å². The van der Waals surface area contributed by atoms with Gasteiger partial charge in [-0.25, -0.2) is 46.3 Å². The Morgan fingerprint density at radius 3 is 1.33 bits per heavy atom. The number of Topliss-reactive ketones (excluding diaryl/α,β-unsaturated/α-hetero) is 5. The van der Waals surface area contributed by atoms with Crippen molar-refractivity contribution in [1.29, 1.82) is 0 Å². The molecule has 0 unspecified atom stereocenters. The third-order valence-electron chi connectivity index (χ3n) is 25.6. The first-order valence-electron chi connectivity index (χ1n) is 47.3. The molecule has 26 nitrogen and oxygen atoms in total. The van der Waals surface area contributed by atoms with Gasteiger partial charge in [0.25, 0.3) is 11.9 Å². The first kappa shape index (κ1) is 105. The molecule has 37 heteroatoms. The van der Waals surface area contributed by atoms with Gasteiger partial charge >= 0.3 is 0 Å². The minimum atomic E-state index is -0.853. The number of hydrogen-bond acceptors (Lipinski definition) is 26. The Morgan fingerprint density at radius 2 is 0.816 bits per heavy atom. The van der Waals surface area contributed by atoms with Crippen LogP contribution in [-0.2, 0) is 46.2 Å². The number of nitrogens with zero attached hydrogens (tertiary/aromatic N) is 21. The summed E-state index contributed by atoms with van der Waals surface area (Å²) in [5, 5.41) is 31.2. The number of anilines is 5. The average Bonchev–Trinajstić information content (AvgIpc) is 1.81. The van der Waals surface area contributed by atoms with Crippen LogP contribution in [0.5, 0.6) is 0 Å². The van der Waals surface area contributed by atoms with Gasteiger partial charge in [0.15, 0.2) is 56.7 Å². The second kappa shape index (κ2) is 48.7. The Bertz CT molecular complexity index is 7470. The highest BCUT2D eigenvalue weighted by molar-refractivity contribution is 7.13. The highest BCUT2D eigenvalue weighted by atomic mass is 35.5. The first-order valence-corrected chi connectivity index (χ1v) is 50.2. The number of benzene rings is 7. The number of pyridine rings is 1. The molecule has 0 amide bonds. The molecule has 0 aliphatic carbocycles. The van der Waals surface area contributed by atoms with Gasteiger partial charge in [0.05, 0.1) is 88.7 Å². The topological polar surface area (TPSA) is 292 Å². The predicted molar refractivity (Wildman–Crippen MR) is 561 cm³/mol. The van der Waals surface area contributed by atoms with Crippen LogP contribution in [0.4, 0.5) is 55.0 Å². The van der Waals surface area contributed by atoms with Gasteiger partial charge in [-0.3, -0.25) is 43.9 Å². The Labute approximate surface area is 868 Å². The van der Waals surface area contributed by atoms with Gasteiger partial charge in [0.1, 0.15) is 29.1 Å². The molecule has 750 valence electrons. The van der Waals surface area contributed by atoms with Crippen molar-refractivity contribution in [2.45, 2.75) is 98.8 Å². The smallest absolute Gasteiger partial charge is 0.266 e. The van der Waals surface area contributed by atoms with E-state index in [-0.39, 0.29) is 60.0 Å². The van der Waals surface area contributed by atoms with E-state index in [1.54, 1.807) is 117 Å². The molecule has 20 rings (SSSR count). The van der Waals surface area contributed by atoms with E-state index < -0.39 is 46.2 Å². The fourth-order valence-electron chi connectivity index (χ4n) is 17.4. The average molecular weight is 2080 g/mol. The molecule has 0 spiro atoms. The molecule has 5 aliphatic rings. The van der Waals surface area contributed by atoms with Crippen LogP contribution in [0.15, 0.2) is 264 Å². The minimum Gasteiger partial charge on any atom is -0.349 e. The number of aryl methyl sites for hydroxylation is 3. The summed E-state index contributed by atoms with van der Waals surface area (Å²) in [5.74, 6) is -3.18. The quantitative estimate of drug-likeness (QED) is 0.0379. The molecule has 0 atom stereocenters. The lowest BCUT2D eigenvalue weighted by molar-refractivity contribution is 0.0977. The number of ketones is 5. The molecule has 0 saturated heterocycles. The van der Waals surface area contributed by atoms with Crippen molar-refractivity contribution in [2.75, 3.05) is 89.9 Å². The number of tetrazole rings is 2. The van der Waals surface area contributed by atoms with Crippen LogP contribution in [-0.4, -0.2) is 175 Å². The van der Waals surface area contributed by atoms with Crippen molar-refractivity contribution >= 4 is 143 Å². The SMILES string of the molecule is CC1=C(c2ccc(CC(=O)c3ccccc3F)cc2)CN(c2nnn(C)n2)CC1.CC1=C(c2ccc(CC(=O)c3sccc3C)cc2)CN(c2nccs2)CC1.CC1=C(c2cnc(CC(=O)c3cc(F)ccc3F)cn2)CN(c2ncccc2F)CC1.CC1=C(c2cnc(CC(=O)c3ccccc3Cl)cn2)CN(c2nccnc2Cl)CC1.Cn1nnc(N2CCC(Cl)=C(c3ccc(CC(=O)c4c(F)cccc4F)cc3)C2)n1. The summed E-state index contributed by atoms with van der Waals surface area (Å²) in [6.45, 7) is 17.7. The fraction of sp³-hybridized carbons (Fsp3) is 0.245. The highest BCUT2D eigenvalue weighted by Crippen LogP contribution is 2.38. The summed E-state index contributed by atoms with van der Waals surface area (Å²) in [6.07, 6.45) is 17.7. The van der Waals surface area contributed by atoms with E-state index >= 15 is 0 Å². The summed E-state index contributed by atoms with van der Waals surface area (Å²) < 4.78 is 82.8. The van der Waals surface area contributed by atoms with Crippen molar-refractivity contribution in [3.63, 3.8) is 0 Å². The number of carbonyl (C=O) groups is 5. The number of hydrogen-bond donors (Lipinski definition) is 0. The van der Waals surface area contributed by atoms with Crippen molar-refractivity contribution in [2.24, 2.45) is 14.1 Å². The van der Waals surface area contributed by atoms with Gasteiger partial charge < -0.3 is 24.5 Å². The van der Waals surface area contributed by atoms with E-state index in [0.717, 1.165) is 153 Å². The number of aromatic nitrogens is 16. The predicted octanol–water partition coefficient (Wildman–Crippen LogP) is 21.9. The molecule has 0 N–H and O–H groups in total. The van der Waals surface area contributed by atoms with Crippen LogP contribution >= 0.6 is 57.5 Å². The molecule has 0 bridgehead atoms. The number of carbonyl (C=O) groups excluding carboxylic acids is 5. The molecular weight excluding hydrogens is 1980 g/mol. The second-order valence-electron chi connectivity index (χ2n) is 35.7. The maximum Gasteiger partial charge on any atom is 0.266 e. The van der Waals surface area contributed by atoms with Gasteiger partial charge in [-0.2, -0.15) is 9.59 Å². The molecular formula is C110H100Cl3F6N21O5S2. The second-order valence-corrected chi connectivity index (χ2v) is 38.7. The zero-order chi connectivity index (χ0) is 103. The lowest BCUT2D eigenvalue weighted by atomic mass is 9.93. The summed E-state index contributed by atoms with van der Waals surface area (Å²) in [6, 6.07) is 47.9. The summed E-state index contributed by atoms with van der Waals surface area (Å²) in [4.78, 5) is 111. The zero-order valence-electron chi connectivity index (χ0n) is 81.3. The molecule has 0 fully saturated rings. The fourth-order valence-corrected chi connectivity index (χ4v) is 19.6. The monoisotopic (exact) mass is 2080 g/mol. The highest BCUT2D eigenvalue weighted by Gasteiger charge is 2.31. The van der Waals surface area contributed by atoms with Crippen LogP contribution in [0.25, 0.3) is 27.9 Å². The van der Waals surface area contributed by atoms with E-state index in [4.69, 9.17) is 34.8 Å². The third kappa shape index (κ3) is 26.6. The van der Waals surface area contributed by atoms with Crippen molar-refractivity contribution < 1.29 is 50.3 Å². The molecule has 147 heavy (non-hydrogen) atoms. The summed E-state index contributed by atoms with van der Waals surface area (Å²) >= 11 is 22.0. The number of rotatable bonds is 25. The largest absolute Gasteiger partial charge is 0.349 e. The molecule has 15 aromatic rings. The molecule has 5 aliphatic heterocycles. The van der Waals surface area contributed by atoms with Crippen LogP contribution in [0.1, 0.15) is 173 Å². The van der Waals surface area contributed by atoms with Crippen LogP contribution in [0, 0.1) is 41.8 Å². The standard InChI is InChI=1S/C23H19F3N4O.C22H19Cl2N5O.C22H22FN5O.C22H22N2OS2.C21H18ClF2N5O/c1-14-6-8-30(23-20(26)3-2-7-27-23)13-18(14)21-12-28-16(11-29-21)10-22(31)17-9-15(24)4-5-19(17)25;1-14-6-9-29(22-21(24)25-7-8-26-22)13-17(14)19-12-27-15(11-28-19)10-20(30)16-4-2-3-5-18(16)23;1-15-11-12-28(22-24-26-27(2)25-22)14-19(15)17-9-7-16(8-10-17)13-21(29)18-5-3-4-6-20(18)23;1-15-7-10-24(22-23-9-12-27-22)14-19(15)18-5-3-17(4-6-18)13-20(25)21-16(2)8-11-26-21;1-28-26-21(25-27-28)29-10-9-16(22)15(12-29)14-7-5-13(6-8-14)11-19(30)20-17(23)3-2-4-18(20)24/h2-5,7,9,11-12H,6,8,10,13H2,1H3;2-5,7-8,11-12H,6,9-10,13H2,1H3;3-10H,11-14H2,1-2H3;3-6,8-9,11-12H,7,10,13-14H2,1-2H3;2-8H,9-12H2,1H3. The third-order valence-corrected chi connectivity index (χ3v) is 28.5. The molecule has 0 saturated carbocycles. The normalized spacial score (nSPS) is 14.3.